The highest BCUT2D eigenvalue weighted by atomic mass is 32.1. The number of aromatic nitrogens is 1. The maximum absolute atomic E-state index is 14.0. The van der Waals surface area contributed by atoms with Gasteiger partial charge in [0.2, 0.25) is 11.0 Å². The van der Waals surface area contributed by atoms with Gasteiger partial charge in [-0.05, 0) is 188 Å². The van der Waals surface area contributed by atoms with Gasteiger partial charge in [-0.25, -0.2) is 14.6 Å². The molecule has 2 aliphatic rings. The predicted octanol–water partition coefficient (Wildman–Crippen LogP) is 14.0. The van der Waals surface area contributed by atoms with E-state index in [9.17, 15) is 33.6 Å². The number of amides is 1. The van der Waals surface area contributed by atoms with Gasteiger partial charge >= 0.3 is 35.8 Å². The number of ether oxygens (including phenoxy) is 8. The Hall–Kier alpha value is -8.19. The van der Waals surface area contributed by atoms with Crippen molar-refractivity contribution in [2.24, 2.45) is 28.8 Å². The number of fused-ring (bicyclic) bond motifs is 1. The average Bonchev–Trinajstić information content (AvgIpc) is 3.07. The monoisotopic (exact) mass is 1210 g/mol. The van der Waals surface area contributed by atoms with Crippen molar-refractivity contribution in [3.63, 3.8) is 0 Å². The Morgan fingerprint density at radius 1 is 0.517 bits per heavy atom. The molecule has 0 atom stereocenters. The molecule has 0 aliphatic heterocycles. The molecule has 5 aromatic rings. The summed E-state index contributed by atoms with van der Waals surface area (Å²) in [6.45, 7) is 10.7. The summed E-state index contributed by atoms with van der Waals surface area (Å²) in [6, 6.07) is 26.0. The van der Waals surface area contributed by atoms with Crippen LogP contribution in [0.1, 0.15) is 154 Å². The molecule has 1 heterocycles. The minimum absolute atomic E-state index is 0.132. The molecule has 1 aromatic heterocycles. The van der Waals surface area contributed by atoms with Crippen molar-refractivity contribution in [3.05, 3.63) is 122 Å². The lowest BCUT2D eigenvalue weighted by Crippen LogP contribution is -2.30. The smallest absolute Gasteiger partial charge is 0.330 e. The summed E-state index contributed by atoms with van der Waals surface area (Å²) in [4.78, 5) is 95.5. The second-order valence-corrected chi connectivity index (χ2v) is 22.8. The number of unbranched alkanes of at least 4 members (excludes halogenated alkanes) is 10. The van der Waals surface area contributed by atoms with E-state index in [1.807, 2.05) is 24.3 Å². The Morgan fingerprint density at radius 3 is 1.43 bits per heavy atom. The van der Waals surface area contributed by atoms with Gasteiger partial charge in [-0.15, -0.1) is 0 Å². The molecular weight excluding hydrogens is 1130 g/mol. The molecule has 87 heavy (non-hydrogen) atoms. The minimum Gasteiger partial charge on any atom is -0.494 e. The van der Waals surface area contributed by atoms with Crippen LogP contribution in [0, 0.1) is 23.7 Å². The zero-order valence-corrected chi connectivity index (χ0v) is 50.7. The molecule has 2 fully saturated rings. The summed E-state index contributed by atoms with van der Waals surface area (Å²) in [5.41, 5.74) is 0.987. The third-order valence-electron chi connectivity index (χ3n) is 15.2. The van der Waals surface area contributed by atoms with E-state index in [4.69, 9.17) is 48.0 Å². The summed E-state index contributed by atoms with van der Waals surface area (Å²) in [5, 5.41) is 6.36. The van der Waals surface area contributed by atoms with Gasteiger partial charge in [0, 0.05) is 24.1 Å². The predicted molar refractivity (Wildman–Crippen MR) is 331 cm³/mol. The molecule has 7 rings (SSSR count). The maximum Gasteiger partial charge on any atom is 0.330 e. The first-order chi connectivity index (χ1) is 42.4. The fourth-order valence-electron chi connectivity index (χ4n) is 10.1. The van der Waals surface area contributed by atoms with Crippen LogP contribution in [-0.4, -0.2) is 79.3 Å². The number of carbonyl (C=O) groups excluding carboxylic acids is 7. The standard InChI is InChI=1S/C68H81N3O15S/c1-4-7-8-9-14-23-61(72)71(68-70-58-21-15-16-22-60(58)87-68)69-47-52-46-57(85-66(77)50-26-24-48(25-27-50)64(75)83-55-36-32-53(33-37-55)79-42-17-10-12-19-44-81-62(73)5-2)40-41-59(52)86-67(78)51-30-28-49(29-31-51)65(76)84-56-38-34-54(35-39-56)80-43-18-11-13-20-45-82-63(74)6-3/h5-6,15-16,21-22,32-41,46-51H,2-4,7-14,17-20,23-31,42-45H2,1H3/b69-47+. The number of para-hydroxylation sites is 1. The zero-order chi connectivity index (χ0) is 61.6. The van der Waals surface area contributed by atoms with Gasteiger partial charge in [-0.2, -0.15) is 10.1 Å². The van der Waals surface area contributed by atoms with Crippen LogP contribution >= 0.6 is 11.3 Å². The van der Waals surface area contributed by atoms with Crippen molar-refractivity contribution in [2.45, 2.75) is 148 Å². The quantitative estimate of drug-likeness (QED) is 0.00919. The van der Waals surface area contributed by atoms with Gasteiger partial charge in [0.05, 0.1) is 66.5 Å². The SMILES string of the molecule is C=CC(=O)OCCCCCCOc1ccc(OC(=O)C2CCC(C(=O)Oc3ccc(OC(=O)C4CCC(C(=O)Oc5ccc(OCCCCCCOC(=O)C=C)cc5)CC4)c(/C=N/N(C(=O)CCCCCCC)c4nc5ccccc5s4)c3)CC2)cc1. The third-order valence-corrected chi connectivity index (χ3v) is 16.2. The van der Waals surface area contributed by atoms with Crippen molar-refractivity contribution in [1.82, 2.24) is 4.98 Å². The molecule has 1 amide bonds. The van der Waals surface area contributed by atoms with E-state index >= 15 is 0 Å². The van der Waals surface area contributed by atoms with Crippen LogP contribution in [0.15, 0.2) is 121 Å². The first kappa shape index (κ1) is 66.3. The Kier molecular flexibility index (Phi) is 27.5. The summed E-state index contributed by atoms with van der Waals surface area (Å²) in [6.07, 6.45) is 18.8. The lowest BCUT2D eigenvalue weighted by Gasteiger charge is -2.26. The van der Waals surface area contributed by atoms with Gasteiger partial charge in [0.1, 0.15) is 34.5 Å². The van der Waals surface area contributed by atoms with Gasteiger partial charge in [0.25, 0.3) is 0 Å². The van der Waals surface area contributed by atoms with Gasteiger partial charge in [-0.3, -0.25) is 24.0 Å². The van der Waals surface area contributed by atoms with Crippen LogP contribution in [-0.2, 0) is 43.0 Å². The molecule has 2 aliphatic carbocycles. The van der Waals surface area contributed by atoms with E-state index < -0.39 is 47.5 Å². The van der Waals surface area contributed by atoms with E-state index in [0.717, 1.165) is 93.9 Å². The third kappa shape index (κ3) is 22.2. The van der Waals surface area contributed by atoms with E-state index in [1.54, 1.807) is 60.7 Å². The highest BCUT2D eigenvalue weighted by Gasteiger charge is 2.34. The van der Waals surface area contributed by atoms with Crippen molar-refractivity contribution >= 4 is 74.6 Å². The van der Waals surface area contributed by atoms with Crippen molar-refractivity contribution in [3.8, 4) is 34.5 Å². The number of hydrogen-bond donors (Lipinski definition) is 0. The number of hydrazone groups is 1. The Bertz CT molecular complexity index is 3050. The topological polar surface area (TPSA) is 222 Å². The lowest BCUT2D eigenvalue weighted by atomic mass is 9.82. The van der Waals surface area contributed by atoms with Gasteiger partial charge < -0.3 is 37.9 Å². The molecule has 0 radical (unpaired) electrons. The second-order valence-electron chi connectivity index (χ2n) is 21.8. The Morgan fingerprint density at radius 2 is 0.943 bits per heavy atom. The largest absolute Gasteiger partial charge is 0.494 e. The zero-order valence-electron chi connectivity index (χ0n) is 49.9. The molecule has 0 spiro atoms. The van der Waals surface area contributed by atoms with Crippen LogP contribution < -0.4 is 33.4 Å². The maximum atomic E-state index is 14.0. The molecular formula is C68H81N3O15S. The van der Waals surface area contributed by atoms with Crippen LogP contribution in [0.4, 0.5) is 5.13 Å². The van der Waals surface area contributed by atoms with Crippen LogP contribution in [0.2, 0.25) is 0 Å². The highest BCUT2D eigenvalue weighted by Crippen LogP contribution is 2.36. The molecule has 18 nitrogen and oxygen atoms in total. The Balaban J connectivity index is 0.934. The van der Waals surface area contributed by atoms with Gasteiger partial charge in [-0.1, -0.05) is 69.2 Å². The molecule has 19 heteroatoms. The second kappa shape index (κ2) is 36.1. The number of hydrogen-bond acceptors (Lipinski definition) is 18. The average molecular weight is 1210 g/mol. The number of thiazole rings is 1. The fourth-order valence-corrected chi connectivity index (χ4v) is 11.1. The van der Waals surface area contributed by atoms with E-state index in [1.165, 1.54) is 28.6 Å². The number of benzene rings is 4. The minimum atomic E-state index is -0.523. The van der Waals surface area contributed by atoms with Crippen molar-refractivity contribution < 1.29 is 71.5 Å². The number of rotatable bonds is 35. The lowest BCUT2D eigenvalue weighted by molar-refractivity contribution is -0.145. The van der Waals surface area contributed by atoms with E-state index in [0.29, 0.717) is 118 Å². The van der Waals surface area contributed by atoms with Gasteiger partial charge in [0.15, 0.2) is 0 Å². The molecule has 464 valence electrons. The normalized spacial score (nSPS) is 16.5. The van der Waals surface area contributed by atoms with Crippen LogP contribution in [0.25, 0.3) is 10.2 Å². The molecule has 0 unspecified atom stereocenters. The molecule has 2 saturated carbocycles. The molecule has 4 aromatic carbocycles. The Labute approximate surface area is 513 Å². The summed E-state index contributed by atoms with van der Waals surface area (Å²) in [7, 11) is 0. The first-order valence-corrected chi connectivity index (χ1v) is 31.5. The number of nitrogens with zero attached hydrogens (tertiary/aromatic N) is 3. The van der Waals surface area contributed by atoms with Crippen LogP contribution in [0.5, 0.6) is 34.5 Å². The highest BCUT2D eigenvalue weighted by molar-refractivity contribution is 7.22. The summed E-state index contributed by atoms with van der Waals surface area (Å²) >= 11 is 1.33. The first-order valence-electron chi connectivity index (χ1n) is 30.7. The summed E-state index contributed by atoms with van der Waals surface area (Å²) < 4.78 is 46.1. The van der Waals surface area contributed by atoms with Crippen molar-refractivity contribution in [2.75, 3.05) is 31.4 Å². The molecule has 0 bridgehead atoms. The number of anilines is 1. The van der Waals surface area contributed by atoms with E-state index in [2.05, 4.69) is 20.1 Å². The molecule has 0 saturated heterocycles. The molecule has 0 N–H and O–H groups in total. The van der Waals surface area contributed by atoms with Crippen molar-refractivity contribution in [1.29, 1.82) is 0 Å². The van der Waals surface area contributed by atoms with E-state index in [-0.39, 0.29) is 41.3 Å². The number of carbonyl (C=O) groups is 7. The van der Waals surface area contributed by atoms with Crippen LogP contribution in [0.3, 0.4) is 0 Å². The summed E-state index contributed by atoms with van der Waals surface area (Å²) in [5.74, 6) is -2.27. The number of esters is 6. The fraction of sp³-hybridized carbons (Fsp3) is 0.456.